The molecule has 0 aliphatic rings. The molecular weight excluding hydrogens is 312 g/mol. The molecule has 0 fully saturated rings. The van der Waals surface area contributed by atoms with Crippen molar-refractivity contribution in [3.63, 3.8) is 0 Å². The van der Waals surface area contributed by atoms with Gasteiger partial charge in [-0.3, -0.25) is 4.79 Å². The average molecular weight is 347 g/mol. The maximum absolute atomic E-state index is 11.6. The van der Waals surface area contributed by atoms with Crippen LogP contribution in [0.15, 0.2) is 29.3 Å². The molecule has 1 unspecified atom stereocenters. The van der Waals surface area contributed by atoms with Crippen molar-refractivity contribution in [1.82, 2.24) is 5.32 Å². The van der Waals surface area contributed by atoms with Crippen LogP contribution in [0, 0.1) is 5.92 Å². The van der Waals surface area contributed by atoms with Gasteiger partial charge in [0.2, 0.25) is 5.91 Å². The van der Waals surface area contributed by atoms with Crippen molar-refractivity contribution in [3.05, 3.63) is 29.8 Å². The van der Waals surface area contributed by atoms with Crippen LogP contribution in [-0.4, -0.2) is 17.9 Å². The summed E-state index contributed by atoms with van der Waals surface area (Å²) in [6, 6.07) is 8.06. The number of carbonyl (C=O) groups is 1. The van der Waals surface area contributed by atoms with E-state index < -0.39 is 0 Å². The number of hydrogen-bond acceptors (Lipinski definition) is 2. The fourth-order valence-corrected chi connectivity index (χ4v) is 2.52. The highest BCUT2D eigenvalue weighted by Crippen LogP contribution is 2.11. The van der Waals surface area contributed by atoms with Crippen molar-refractivity contribution >= 4 is 17.6 Å². The lowest BCUT2D eigenvalue weighted by atomic mass is 10.0. The van der Waals surface area contributed by atoms with Gasteiger partial charge in [-0.25, -0.2) is 4.99 Å². The number of rotatable bonds is 10. The molecule has 4 N–H and O–H groups in total. The molecule has 1 atom stereocenters. The first-order valence-electron chi connectivity index (χ1n) is 9.36. The minimum atomic E-state index is 0.0492. The third-order valence-electron chi connectivity index (χ3n) is 3.96. The Kier molecular flexibility index (Phi) is 9.66. The molecule has 1 rings (SSSR count). The molecule has 140 valence electrons. The molecule has 1 aromatic rings. The molecule has 0 aliphatic carbocycles. The summed E-state index contributed by atoms with van der Waals surface area (Å²) in [5, 5.41) is 6.12. The number of nitrogens with two attached hydrogens (primary N) is 1. The Morgan fingerprint density at radius 2 is 1.84 bits per heavy atom. The number of nitrogens with zero attached hydrogens (tertiary/aromatic N) is 1. The lowest BCUT2D eigenvalue weighted by molar-refractivity contribution is -0.116. The molecule has 0 aromatic heterocycles. The van der Waals surface area contributed by atoms with Crippen molar-refractivity contribution in [1.29, 1.82) is 0 Å². The first-order valence-corrected chi connectivity index (χ1v) is 9.36. The van der Waals surface area contributed by atoms with E-state index in [1.54, 1.807) is 0 Å². The molecule has 0 radical (unpaired) electrons. The second-order valence-electron chi connectivity index (χ2n) is 7.07. The van der Waals surface area contributed by atoms with Gasteiger partial charge in [0.1, 0.15) is 0 Å². The van der Waals surface area contributed by atoms with Gasteiger partial charge in [0.25, 0.3) is 0 Å². The predicted molar refractivity (Wildman–Crippen MR) is 107 cm³/mol. The number of hydrogen-bond donors (Lipinski definition) is 3. The zero-order valence-electron chi connectivity index (χ0n) is 16.1. The summed E-state index contributed by atoms with van der Waals surface area (Å²) >= 11 is 0. The Morgan fingerprint density at radius 1 is 1.16 bits per heavy atom. The number of benzene rings is 1. The van der Waals surface area contributed by atoms with Crippen LogP contribution in [0.3, 0.4) is 0 Å². The van der Waals surface area contributed by atoms with Crippen LogP contribution in [0.25, 0.3) is 0 Å². The van der Waals surface area contributed by atoms with Gasteiger partial charge >= 0.3 is 0 Å². The second kappa shape index (κ2) is 11.5. The van der Waals surface area contributed by atoms with Gasteiger partial charge in [0, 0.05) is 18.2 Å². The van der Waals surface area contributed by atoms with Crippen molar-refractivity contribution in [2.45, 2.75) is 72.4 Å². The van der Waals surface area contributed by atoms with Crippen LogP contribution in [0.2, 0.25) is 0 Å². The molecule has 5 heteroatoms. The molecule has 0 saturated heterocycles. The minimum Gasteiger partial charge on any atom is -0.370 e. The fraction of sp³-hybridized carbons (Fsp3) is 0.600. The van der Waals surface area contributed by atoms with Crippen molar-refractivity contribution in [2.24, 2.45) is 16.6 Å². The zero-order chi connectivity index (χ0) is 18.7. The van der Waals surface area contributed by atoms with Gasteiger partial charge in [-0.1, -0.05) is 45.7 Å². The summed E-state index contributed by atoms with van der Waals surface area (Å²) in [7, 11) is 0. The third kappa shape index (κ3) is 9.75. The van der Waals surface area contributed by atoms with E-state index >= 15 is 0 Å². The lowest BCUT2D eigenvalue weighted by Gasteiger charge is -2.15. The largest absolute Gasteiger partial charge is 0.370 e. The van der Waals surface area contributed by atoms with E-state index in [0.29, 0.717) is 25.0 Å². The first-order chi connectivity index (χ1) is 11.9. The monoisotopic (exact) mass is 346 g/mol. The van der Waals surface area contributed by atoms with Crippen LogP contribution >= 0.6 is 0 Å². The van der Waals surface area contributed by atoms with E-state index in [1.165, 1.54) is 12.8 Å². The van der Waals surface area contributed by atoms with E-state index in [9.17, 15) is 4.79 Å². The molecule has 1 aromatic carbocycles. The molecule has 1 amide bonds. The topological polar surface area (TPSA) is 79.5 Å². The third-order valence-corrected chi connectivity index (χ3v) is 3.96. The molecule has 0 bridgehead atoms. The van der Waals surface area contributed by atoms with E-state index in [2.05, 4.69) is 36.4 Å². The number of carbonyl (C=O) groups excluding carboxylic acids is 1. The molecule has 0 saturated carbocycles. The zero-order valence-corrected chi connectivity index (χ0v) is 16.1. The smallest absolute Gasteiger partial charge is 0.224 e. The number of anilines is 1. The highest BCUT2D eigenvalue weighted by Gasteiger charge is 2.04. The van der Waals surface area contributed by atoms with Gasteiger partial charge < -0.3 is 16.4 Å². The Bertz CT molecular complexity index is 537. The quantitative estimate of drug-likeness (QED) is 0.442. The minimum absolute atomic E-state index is 0.0492. The predicted octanol–water partition coefficient (Wildman–Crippen LogP) is 4.04. The Morgan fingerprint density at radius 3 is 2.44 bits per heavy atom. The highest BCUT2D eigenvalue weighted by molar-refractivity contribution is 5.90. The Hall–Kier alpha value is -2.04. The van der Waals surface area contributed by atoms with Crippen LogP contribution in [0.5, 0.6) is 0 Å². The van der Waals surface area contributed by atoms with Crippen molar-refractivity contribution in [2.75, 3.05) is 5.32 Å². The fourth-order valence-electron chi connectivity index (χ4n) is 2.52. The first kappa shape index (κ1) is 21.0. The number of guanidine groups is 1. The summed E-state index contributed by atoms with van der Waals surface area (Å²) in [6.07, 6.45) is 4.93. The highest BCUT2D eigenvalue weighted by atomic mass is 16.1. The van der Waals surface area contributed by atoms with Gasteiger partial charge in [0.15, 0.2) is 5.96 Å². The molecule has 5 nitrogen and oxygen atoms in total. The summed E-state index contributed by atoms with van der Waals surface area (Å²) in [6.45, 7) is 9.14. The van der Waals surface area contributed by atoms with Crippen molar-refractivity contribution in [3.8, 4) is 0 Å². The van der Waals surface area contributed by atoms with Gasteiger partial charge in [-0.2, -0.15) is 0 Å². The van der Waals surface area contributed by atoms with Crippen molar-refractivity contribution < 1.29 is 4.79 Å². The maximum atomic E-state index is 11.6. The van der Waals surface area contributed by atoms with E-state index in [0.717, 1.165) is 30.0 Å². The standard InChI is InChI=1S/C20H34N4O/c1-5-7-19(25)24-18-12-10-17(11-13-18)14-22-20(21)23-16(4)9-6-8-15(2)3/h10-13,15-16H,5-9,14H2,1-4H3,(H,24,25)(H3,21,22,23). The van der Waals surface area contributed by atoms with Gasteiger partial charge in [-0.15, -0.1) is 0 Å². The van der Waals surface area contributed by atoms with Crippen LogP contribution < -0.4 is 16.4 Å². The summed E-state index contributed by atoms with van der Waals surface area (Å²) in [5.74, 6) is 1.28. The summed E-state index contributed by atoms with van der Waals surface area (Å²) in [4.78, 5) is 16.0. The Balaban J connectivity index is 2.39. The van der Waals surface area contributed by atoms with Crippen LogP contribution in [-0.2, 0) is 11.3 Å². The maximum Gasteiger partial charge on any atom is 0.224 e. The van der Waals surface area contributed by atoms with E-state index in [4.69, 9.17) is 5.73 Å². The molecular formula is C20H34N4O. The lowest BCUT2D eigenvalue weighted by Crippen LogP contribution is -2.38. The molecule has 0 aliphatic heterocycles. The van der Waals surface area contributed by atoms with E-state index in [-0.39, 0.29) is 5.91 Å². The SMILES string of the molecule is CCCC(=O)Nc1ccc(CN=C(N)NC(C)CCCC(C)C)cc1. The number of aliphatic imine (C=N–C) groups is 1. The average Bonchev–Trinajstić information content (AvgIpc) is 2.54. The second-order valence-corrected chi connectivity index (χ2v) is 7.07. The van der Waals surface area contributed by atoms with Gasteiger partial charge in [-0.05, 0) is 43.4 Å². The number of amides is 1. The number of nitrogens with one attached hydrogen (secondary N) is 2. The molecule has 0 spiro atoms. The normalized spacial score (nSPS) is 12.9. The summed E-state index contributed by atoms with van der Waals surface area (Å²) < 4.78 is 0. The van der Waals surface area contributed by atoms with Gasteiger partial charge in [0.05, 0.1) is 6.54 Å². The summed E-state index contributed by atoms with van der Waals surface area (Å²) in [5.41, 5.74) is 7.84. The van der Waals surface area contributed by atoms with E-state index in [1.807, 2.05) is 31.2 Å². The Labute approximate surface area is 152 Å². The molecule has 25 heavy (non-hydrogen) atoms. The molecule has 0 heterocycles. The van der Waals surface area contributed by atoms with Crippen LogP contribution in [0.4, 0.5) is 5.69 Å². The van der Waals surface area contributed by atoms with Crippen LogP contribution in [0.1, 0.15) is 65.4 Å².